The summed E-state index contributed by atoms with van der Waals surface area (Å²) in [5.74, 6) is 0.262. The Kier molecular flexibility index (Phi) is 5.86. The van der Waals surface area contributed by atoms with E-state index in [9.17, 15) is 10.1 Å². The zero-order chi connectivity index (χ0) is 18.7. The molecular formula is C20H27ClN4O. The van der Waals surface area contributed by atoms with Gasteiger partial charge in [0.25, 0.3) is 0 Å². The molecule has 5 nitrogen and oxygen atoms in total. The van der Waals surface area contributed by atoms with E-state index in [1.807, 2.05) is 25.1 Å². The molecule has 0 bridgehead atoms. The van der Waals surface area contributed by atoms with E-state index in [1.54, 1.807) is 0 Å². The molecule has 140 valence electrons. The smallest absolute Gasteiger partial charge is 0.235 e. The maximum atomic E-state index is 12.4. The number of nitrogens with zero attached hydrogens (tertiary/aromatic N) is 3. The van der Waals surface area contributed by atoms with E-state index in [0.29, 0.717) is 12.5 Å². The third-order valence-corrected chi connectivity index (χ3v) is 6.05. The molecule has 1 saturated carbocycles. The molecule has 0 radical (unpaired) electrons. The van der Waals surface area contributed by atoms with Crippen LogP contribution in [-0.2, 0) is 4.79 Å². The van der Waals surface area contributed by atoms with Crippen molar-refractivity contribution in [2.24, 2.45) is 5.92 Å². The molecule has 1 aromatic rings. The summed E-state index contributed by atoms with van der Waals surface area (Å²) in [6.45, 7) is 7.86. The molecule has 0 spiro atoms. The van der Waals surface area contributed by atoms with Crippen LogP contribution in [0.3, 0.4) is 0 Å². The average molecular weight is 375 g/mol. The highest BCUT2D eigenvalue weighted by Crippen LogP contribution is 2.39. The Hall–Kier alpha value is -1.61. The highest BCUT2D eigenvalue weighted by Gasteiger charge is 2.43. The molecule has 2 atom stereocenters. The van der Waals surface area contributed by atoms with Gasteiger partial charge in [-0.3, -0.25) is 14.6 Å². The lowest BCUT2D eigenvalue weighted by Gasteiger charge is -2.38. The molecule has 0 aromatic heterocycles. The van der Waals surface area contributed by atoms with E-state index >= 15 is 0 Å². The van der Waals surface area contributed by atoms with Crippen molar-refractivity contribution in [1.29, 1.82) is 5.26 Å². The molecule has 2 fully saturated rings. The molecule has 26 heavy (non-hydrogen) atoms. The molecule has 2 aliphatic rings. The second kappa shape index (κ2) is 7.96. The first-order chi connectivity index (χ1) is 12.4. The van der Waals surface area contributed by atoms with Gasteiger partial charge in [-0.2, -0.15) is 5.26 Å². The fraction of sp³-hybridized carbons (Fsp3) is 0.600. The molecule has 1 N–H and O–H groups in total. The van der Waals surface area contributed by atoms with E-state index in [-0.39, 0.29) is 11.9 Å². The first-order valence-electron chi connectivity index (χ1n) is 9.36. The van der Waals surface area contributed by atoms with Gasteiger partial charge in [0.15, 0.2) is 0 Å². The van der Waals surface area contributed by atoms with Crippen LogP contribution in [0.5, 0.6) is 0 Å². The number of halogens is 1. The molecule has 1 aliphatic carbocycles. The Bertz CT molecular complexity index is 691. The normalized spacial score (nSPS) is 22.2. The molecule has 1 aromatic carbocycles. The number of amides is 1. The van der Waals surface area contributed by atoms with E-state index < -0.39 is 5.54 Å². The highest BCUT2D eigenvalue weighted by atomic mass is 35.5. The van der Waals surface area contributed by atoms with Crippen molar-refractivity contribution in [3.63, 3.8) is 0 Å². The zero-order valence-corrected chi connectivity index (χ0v) is 16.3. The van der Waals surface area contributed by atoms with Gasteiger partial charge in [-0.05, 0) is 44.2 Å². The number of nitriles is 1. The molecule has 2 unspecified atom stereocenters. The maximum absolute atomic E-state index is 12.4. The highest BCUT2D eigenvalue weighted by molar-refractivity contribution is 6.31. The largest absolute Gasteiger partial charge is 0.337 e. The first-order valence-corrected chi connectivity index (χ1v) is 9.74. The Balaban J connectivity index is 1.49. The molecular weight excluding hydrogens is 348 g/mol. The van der Waals surface area contributed by atoms with E-state index in [0.717, 1.165) is 49.6 Å². The van der Waals surface area contributed by atoms with Crippen molar-refractivity contribution in [2.45, 2.75) is 38.3 Å². The van der Waals surface area contributed by atoms with Crippen molar-refractivity contribution in [2.75, 3.05) is 32.7 Å². The lowest BCUT2D eigenvalue weighted by molar-refractivity contribution is -0.124. The van der Waals surface area contributed by atoms with Gasteiger partial charge in [-0.15, -0.1) is 0 Å². The molecule has 3 rings (SSSR count). The summed E-state index contributed by atoms with van der Waals surface area (Å²) >= 11 is 6.33. The van der Waals surface area contributed by atoms with Crippen LogP contribution in [-0.4, -0.2) is 54.0 Å². The Labute approximate surface area is 160 Å². The second-order valence-electron chi connectivity index (χ2n) is 7.65. The maximum Gasteiger partial charge on any atom is 0.235 e. The monoisotopic (exact) mass is 374 g/mol. The van der Waals surface area contributed by atoms with Crippen LogP contribution in [0.1, 0.15) is 38.3 Å². The van der Waals surface area contributed by atoms with Crippen LogP contribution in [0.2, 0.25) is 5.02 Å². The van der Waals surface area contributed by atoms with Crippen LogP contribution >= 0.6 is 11.6 Å². The standard InChI is InChI=1S/C20H27ClN4O/c1-15(17-5-3-4-6-18(17)21)25-11-9-24(10-12-25)13-19(26)23-20(2,14-22)16-7-8-16/h3-6,15-16H,7-13H2,1-2H3,(H,23,26). The SMILES string of the molecule is CC(c1ccccc1Cl)N1CCN(CC(=O)NC(C)(C#N)C2CC2)CC1. The van der Waals surface area contributed by atoms with Crippen LogP contribution < -0.4 is 5.32 Å². The lowest BCUT2D eigenvalue weighted by Crippen LogP contribution is -2.53. The predicted octanol–water partition coefficient (Wildman–Crippen LogP) is 2.83. The van der Waals surface area contributed by atoms with E-state index in [2.05, 4.69) is 34.2 Å². The van der Waals surface area contributed by atoms with Crippen LogP contribution in [0.4, 0.5) is 0 Å². The number of hydrogen-bond donors (Lipinski definition) is 1. The number of rotatable bonds is 6. The number of carbonyl (C=O) groups is 1. The van der Waals surface area contributed by atoms with Gasteiger partial charge in [0.1, 0.15) is 5.54 Å². The predicted molar refractivity (Wildman–Crippen MR) is 103 cm³/mol. The molecule has 1 saturated heterocycles. The van der Waals surface area contributed by atoms with Gasteiger partial charge in [-0.25, -0.2) is 0 Å². The van der Waals surface area contributed by atoms with E-state index in [1.165, 1.54) is 0 Å². The van der Waals surface area contributed by atoms with Crippen LogP contribution in [0.15, 0.2) is 24.3 Å². The van der Waals surface area contributed by atoms with Gasteiger partial charge in [-0.1, -0.05) is 29.8 Å². The molecule has 1 amide bonds. The van der Waals surface area contributed by atoms with Crippen LogP contribution in [0, 0.1) is 17.2 Å². The van der Waals surface area contributed by atoms with Gasteiger partial charge < -0.3 is 5.32 Å². The number of benzene rings is 1. The second-order valence-corrected chi connectivity index (χ2v) is 8.05. The summed E-state index contributed by atoms with van der Waals surface area (Å²) in [5, 5.41) is 13.1. The van der Waals surface area contributed by atoms with Crippen molar-refractivity contribution in [3.8, 4) is 6.07 Å². The summed E-state index contributed by atoms with van der Waals surface area (Å²) in [4.78, 5) is 16.9. The molecule has 6 heteroatoms. The Morgan fingerprint density at radius 1 is 1.35 bits per heavy atom. The summed E-state index contributed by atoms with van der Waals surface area (Å²) in [5.41, 5.74) is 0.437. The lowest BCUT2D eigenvalue weighted by atomic mass is 9.98. The summed E-state index contributed by atoms with van der Waals surface area (Å²) < 4.78 is 0. The quantitative estimate of drug-likeness (QED) is 0.831. The van der Waals surface area contributed by atoms with Crippen molar-refractivity contribution < 1.29 is 4.79 Å². The minimum atomic E-state index is -0.711. The summed E-state index contributed by atoms with van der Waals surface area (Å²) in [6.07, 6.45) is 2.06. The topological polar surface area (TPSA) is 59.4 Å². The van der Waals surface area contributed by atoms with E-state index in [4.69, 9.17) is 11.6 Å². The number of piperazine rings is 1. The van der Waals surface area contributed by atoms with Gasteiger partial charge in [0.2, 0.25) is 5.91 Å². The summed E-state index contributed by atoms with van der Waals surface area (Å²) in [6, 6.07) is 10.5. The average Bonchev–Trinajstić information content (AvgIpc) is 3.47. The third-order valence-electron chi connectivity index (χ3n) is 5.70. The van der Waals surface area contributed by atoms with Crippen molar-refractivity contribution in [3.05, 3.63) is 34.9 Å². The fourth-order valence-corrected chi connectivity index (χ4v) is 4.03. The van der Waals surface area contributed by atoms with Crippen molar-refractivity contribution in [1.82, 2.24) is 15.1 Å². The Morgan fingerprint density at radius 3 is 2.58 bits per heavy atom. The number of nitrogens with one attached hydrogen (secondary N) is 1. The van der Waals surface area contributed by atoms with Crippen LogP contribution in [0.25, 0.3) is 0 Å². The summed E-state index contributed by atoms with van der Waals surface area (Å²) in [7, 11) is 0. The molecule has 1 heterocycles. The Morgan fingerprint density at radius 2 is 2.00 bits per heavy atom. The number of hydrogen-bond acceptors (Lipinski definition) is 4. The first kappa shape index (κ1) is 19.2. The fourth-order valence-electron chi connectivity index (χ4n) is 3.73. The van der Waals surface area contributed by atoms with Gasteiger partial charge >= 0.3 is 0 Å². The van der Waals surface area contributed by atoms with Crippen molar-refractivity contribution >= 4 is 17.5 Å². The third kappa shape index (κ3) is 4.37. The minimum absolute atomic E-state index is 0.0476. The zero-order valence-electron chi connectivity index (χ0n) is 15.5. The van der Waals surface area contributed by atoms with Gasteiger partial charge in [0, 0.05) is 37.2 Å². The number of carbonyl (C=O) groups excluding carboxylic acids is 1. The van der Waals surface area contributed by atoms with Gasteiger partial charge in [0.05, 0.1) is 12.6 Å². The minimum Gasteiger partial charge on any atom is -0.337 e. The molecule has 1 aliphatic heterocycles.